The molecule has 18 heavy (non-hydrogen) atoms. The topological polar surface area (TPSA) is 17.8 Å². The fraction of sp³-hybridized carbons (Fsp3) is 0.0714. The Hall–Kier alpha value is -1.81. The standard InChI is InChI=1S/C14H11FN2S/c1-18-12-4-2-3-11(8-12)17-9-16-13-7-10(15)5-6-14(13)17/h2-9H,1H3. The van der Waals surface area contributed by atoms with Crippen LogP contribution in [0.2, 0.25) is 0 Å². The predicted molar refractivity (Wildman–Crippen MR) is 72.8 cm³/mol. The number of aromatic nitrogens is 2. The van der Waals surface area contributed by atoms with E-state index in [-0.39, 0.29) is 5.82 Å². The smallest absolute Gasteiger partial charge is 0.125 e. The third-order valence-corrected chi connectivity index (χ3v) is 3.57. The second-order valence-electron chi connectivity index (χ2n) is 3.95. The molecule has 2 aromatic carbocycles. The summed E-state index contributed by atoms with van der Waals surface area (Å²) >= 11 is 1.69. The lowest BCUT2D eigenvalue weighted by atomic mass is 10.2. The first kappa shape index (κ1) is 11.3. The second kappa shape index (κ2) is 4.46. The third kappa shape index (κ3) is 1.88. The molecule has 0 aliphatic heterocycles. The first-order valence-electron chi connectivity index (χ1n) is 5.55. The second-order valence-corrected chi connectivity index (χ2v) is 4.83. The van der Waals surface area contributed by atoms with Crippen LogP contribution in [-0.4, -0.2) is 15.8 Å². The lowest BCUT2D eigenvalue weighted by molar-refractivity contribution is 0.629. The Bertz CT molecular complexity index is 706. The summed E-state index contributed by atoms with van der Waals surface area (Å²) in [6, 6.07) is 12.8. The van der Waals surface area contributed by atoms with E-state index >= 15 is 0 Å². The Morgan fingerprint density at radius 3 is 2.89 bits per heavy atom. The highest BCUT2D eigenvalue weighted by atomic mass is 32.2. The van der Waals surface area contributed by atoms with Crippen molar-refractivity contribution in [3.63, 3.8) is 0 Å². The Morgan fingerprint density at radius 2 is 2.06 bits per heavy atom. The lowest BCUT2D eigenvalue weighted by Crippen LogP contribution is -1.91. The number of rotatable bonds is 2. The fourth-order valence-electron chi connectivity index (χ4n) is 1.95. The Morgan fingerprint density at radius 1 is 1.17 bits per heavy atom. The molecular weight excluding hydrogens is 247 g/mol. The summed E-state index contributed by atoms with van der Waals surface area (Å²) in [6.45, 7) is 0. The van der Waals surface area contributed by atoms with Crippen LogP contribution in [0.15, 0.2) is 53.7 Å². The van der Waals surface area contributed by atoms with E-state index in [2.05, 4.69) is 17.1 Å². The molecule has 0 radical (unpaired) electrons. The molecule has 0 N–H and O–H groups in total. The molecule has 1 aromatic heterocycles. The van der Waals surface area contributed by atoms with Crippen LogP contribution < -0.4 is 0 Å². The van der Waals surface area contributed by atoms with Crippen molar-refractivity contribution in [2.45, 2.75) is 4.90 Å². The molecule has 90 valence electrons. The highest BCUT2D eigenvalue weighted by molar-refractivity contribution is 7.98. The van der Waals surface area contributed by atoms with Gasteiger partial charge in [-0.15, -0.1) is 11.8 Å². The van der Waals surface area contributed by atoms with Gasteiger partial charge in [0.25, 0.3) is 0 Å². The van der Waals surface area contributed by atoms with Crippen molar-refractivity contribution in [2.75, 3.05) is 6.26 Å². The van der Waals surface area contributed by atoms with Crippen LogP contribution in [-0.2, 0) is 0 Å². The van der Waals surface area contributed by atoms with Crippen molar-refractivity contribution in [1.29, 1.82) is 0 Å². The molecule has 0 amide bonds. The summed E-state index contributed by atoms with van der Waals surface area (Å²) < 4.78 is 15.1. The molecule has 1 heterocycles. The maximum absolute atomic E-state index is 13.1. The number of hydrogen-bond acceptors (Lipinski definition) is 2. The highest BCUT2D eigenvalue weighted by Crippen LogP contribution is 2.22. The minimum atomic E-state index is -0.259. The van der Waals surface area contributed by atoms with Gasteiger partial charge in [-0.05, 0) is 36.6 Å². The zero-order valence-electron chi connectivity index (χ0n) is 9.80. The zero-order valence-corrected chi connectivity index (χ0v) is 10.6. The fourth-order valence-corrected chi connectivity index (χ4v) is 2.41. The maximum Gasteiger partial charge on any atom is 0.125 e. The SMILES string of the molecule is CSc1cccc(-n2cnc3cc(F)ccc32)c1. The van der Waals surface area contributed by atoms with E-state index in [1.54, 1.807) is 24.2 Å². The summed E-state index contributed by atoms with van der Waals surface area (Å²) in [6.07, 6.45) is 3.77. The first-order chi connectivity index (χ1) is 8.78. The first-order valence-corrected chi connectivity index (χ1v) is 6.77. The minimum Gasteiger partial charge on any atom is -0.299 e. The molecule has 2 nitrogen and oxygen atoms in total. The lowest BCUT2D eigenvalue weighted by Gasteiger charge is -2.05. The Labute approximate surface area is 108 Å². The molecule has 3 rings (SSSR count). The minimum absolute atomic E-state index is 0.259. The van der Waals surface area contributed by atoms with Crippen molar-refractivity contribution < 1.29 is 4.39 Å². The Balaban J connectivity index is 2.19. The number of fused-ring (bicyclic) bond motifs is 1. The number of halogens is 1. The monoisotopic (exact) mass is 258 g/mol. The van der Waals surface area contributed by atoms with Gasteiger partial charge in [0.2, 0.25) is 0 Å². The van der Waals surface area contributed by atoms with E-state index in [0.717, 1.165) is 11.2 Å². The third-order valence-electron chi connectivity index (χ3n) is 2.84. The van der Waals surface area contributed by atoms with Crippen molar-refractivity contribution >= 4 is 22.8 Å². The van der Waals surface area contributed by atoms with Crippen LogP contribution in [0.3, 0.4) is 0 Å². The molecule has 0 saturated carbocycles. The normalized spacial score (nSPS) is 11.0. The van der Waals surface area contributed by atoms with Gasteiger partial charge in [-0.2, -0.15) is 0 Å². The van der Waals surface area contributed by atoms with Gasteiger partial charge in [-0.3, -0.25) is 4.57 Å². The molecule has 3 aromatic rings. The van der Waals surface area contributed by atoms with E-state index < -0.39 is 0 Å². The van der Waals surface area contributed by atoms with Gasteiger partial charge in [0, 0.05) is 16.6 Å². The summed E-state index contributed by atoms with van der Waals surface area (Å²) in [5, 5.41) is 0. The number of thioether (sulfide) groups is 1. The molecule has 4 heteroatoms. The van der Waals surface area contributed by atoms with Gasteiger partial charge in [-0.1, -0.05) is 6.07 Å². The van der Waals surface area contributed by atoms with E-state index in [9.17, 15) is 4.39 Å². The van der Waals surface area contributed by atoms with E-state index in [1.165, 1.54) is 17.0 Å². The van der Waals surface area contributed by atoms with Gasteiger partial charge in [0.05, 0.1) is 11.0 Å². The van der Waals surface area contributed by atoms with Crippen molar-refractivity contribution in [1.82, 2.24) is 9.55 Å². The largest absolute Gasteiger partial charge is 0.299 e. The van der Waals surface area contributed by atoms with Crippen LogP contribution in [0.1, 0.15) is 0 Å². The van der Waals surface area contributed by atoms with Crippen molar-refractivity contribution in [2.24, 2.45) is 0 Å². The average Bonchev–Trinajstić information content (AvgIpc) is 2.81. The molecule has 0 aliphatic rings. The van der Waals surface area contributed by atoms with Crippen LogP contribution in [0.25, 0.3) is 16.7 Å². The number of nitrogens with zero attached hydrogens (tertiary/aromatic N) is 2. The molecule has 0 saturated heterocycles. The summed E-state index contributed by atoms with van der Waals surface area (Å²) in [4.78, 5) is 5.42. The summed E-state index contributed by atoms with van der Waals surface area (Å²) in [5.74, 6) is -0.259. The molecule has 0 aliphatic carbocycles. The van der Waals surface area contributed by atoms with Gasteiger partial charge in [-0.25, -0.2) is 9.37 Å². The predicted octanol–water partition coefficient (Wildman–Crippen LogP) is 3.89. The molecule has 0 unspecified atom stereocenters. The van der Waals surface area contributed by atoms with Crippen LogP contribution in [0, 0.1) is 5.82 Å². The van der Waals surface area contributed by atoms with Gasteiger partial charge in [0.15, 0.2) is 0 Å². The number of benzene rings is 2. The molecule has 0 spiro atoms. The Kier molecular flexibility index (Phi) is 2.80. The van der Waals surface area contributed by atoms with Gasteiger partial charge in [0.1, 0.15) is 12.1 Å². The average molecular weight is 258 g/mol. The molecular formula is C14H11FN2S. The van der Waals surface area contributed by atoms with Gasteiger partial charge >= 0.3 is 0 Å². The molecule has 0 bridgehead atoms. The van der Waals surface area contributed by atoms with E-state index in [0.29, 0.717) is 5.52 Å². The molecule has 0 atom stereocenters. The van der Waals surface area contributed by atoms with Crippen molar-refractivity contribution in [3.8, 4) is 5.69 Å². The number of imidazole rings is 1. The van der Waals surface area contributed by atoms with E-state index in [1.807, 2.05) is 23.0 Å². The summed E-state index contributed by atoms with van der Waals surface area (Å²) in [5.41, 5.74) is 2.62. The quantitative estimate of drug-likeness (QED) is 0.649. The zero-order chi connectivity index (χ0) is 12.5. The molecule has 0 fully saturated rings. The van der Waals surface area contributed by atoms with Crippen LogP contribution >= 0.6 is 11.8 Å². The van der Waals surface area contributed by atoms with Crippen LogP contribution in [0.4, 0.5) is 4.39 Å². The maximum atomic E-state index is 13.1. The van der Waals surface area contributed by atoms with Crippen LogP contribution in [0.5, 0.6) is 0 Å². The van der Waals surface area contributed by atoms with Crippen molar-refractivity contribution in [3.05, 3.63) is 54.6 Å². The van der Waals surface area contributed by atoms with E-state index in [4.69, 9.17) is 0 Å². The summed E-state index contributed by atoms with van der Waals surface area (Å²) in [7, 11) is 0. The van der Waals surface area contributed by atoms with Gasteiger partial charge < -0.3 is 0 Å². The highest BCUT2D eigenvalue weighted by Gasteiger charge is 2.05. The number of hydrogen-bond donors (Lipinski definition) is 0.